The molecule has 0 fully saturated rings. The van der Waals surface area contributed by atoms with Crippen molar-refractivity contribution in [1.82, 2.24) is 0 Å². The van der Waals surface area contributed by atoms with Crippen LogP contribution in [-0.4, -0.2) is 21.8 Å². The summed E-state index contributed by atoms with van der Waals surface area (Å²) in [5, 5.41) is 19.8. The maximum Gasteiger partial charge on any atom is 0.180 e. The van der Waals surface area contributed by atoms with Crippen LogP contribution >= 0.6 is 0 Å². The molecule has 0 aliphatic heterocycles. The van der Waals surface area contributed by atoms with Gasteiger partial charge in [0.15, 0.2) is 11.6 Å². The normalized spacial score (nSPS) is 26.2. The number of hydrogen-bond donors (Lipinski definition) is 2. The van der Waals surface area contributed by atoms with E-state index in [1.807, 2.05) is 6.92 Å². The highest BCUT2D eigenvalue weighted by molar-refractivity contribution is 6.20. The average molecular weight is 238 g/mol. The molecule has 1 aliphatic carbocycles. The smallest absolute Gasteiger partial charge is 0.180 e. The maximum absolute atomic E-state index is 11.9. The minimum Gasteiger partial charge on any atom is -0.511 e. The summed E-state index contributed by atoms with van der Waals surface area (Å²) in [6, 6.07) is 0. The summed E-state index contributed by atoms with van der Waals surface area (Å²) >= 11 is 0. The Labute approximate surface area is 101 Å². The molecule has 0 saturated carbocycles. The lowest BCUT2D eigenvalue weighted by Gasteiger charge is -2.22. The molecule has 17 heavy (non-hydrogen) atoms. The van der Waals surface area contributed by atoms with E-state index >= 15 is 0 Å². The third-order valence-electron chi connectivity index (χ3n) is 3.33. The maximum atomic E-state index is 11.9. The third-order valence-corrected chi connectivity index (χ3v) is 3.33. The van der Waals surface area contributed by atoms with Crippen molar-refractivity contribution in [2.24, 2.45) is 11.8 Å². The van der Waals surface area contributed by atoms with E-state index in [1.165, 1.54) is 13.8 Å². The topological polar surface area (TPSA) is 74.6 Å². The Morgan fingerprint density at radius 2 is 1.88 bits per heavy atom. The molecule has 0 heterocycles. The van der Waals surface area contributed by atoms with Gasteiger partial charge in [-0.2, -0.15) is 0 Å². The standard InChI is InChI=1S/C13H18O4/c1-5-6(2)10(14)9-12(16)7(3)11(15)8(4)13(9)17/h6-7,14,17H,5H2,1-4H3. The van der Waals surface area contributed by atoms with Gasteiger partial charge in [0.05, 0.1) is 11.5 Å². The Balaban J connectivity index is 3.42. The van der Waals surface area contributed by atoms with Crippen LogP contribution in [0.5, 0.6) is 0 Å². The minimum absolute atomic E-state index is 0.0936. The zero-order valence-corrected chi connectivity index (χ0v) is 10.6. The van der Waals surface area contributed by atoms with E-state index in [0.29, 0.717) is 6.42 Å². The van der Waals surface area contributed by atoms with Crippen molar-refractivity contribution in [3.8, 4) is 0 Å². The molecule has 4 nitrogen and oxygen atoms in total. The quantitative estimate of drug-likeness (QED) is 0.440. The molecule has 2 N–H and O–H groups in total. The van der Waals surface area contributed by atoms with E-state index < -0.39 is 11.7 Å². The molecule has 0 aromatic heterocycles. The molecule has 0 bridgehead atoms. The number of rotatable bonds is 2. The van der Waals surface area contributed by atoms with Gasteiger partial charge in [-0.15, -0.1) is 0 Å². The zero-order valence-electron chi connectivity index (χ0n) is 10.6. The summed E-state index contributed by atoms with van der Waals surface area (Å²) in [5.41, 5.74) is 0.0471. The third kappa shape index (κ3) is 2.12. The second kappa shape index (κ2) is 4.73. The molecule has 0 amide bonds. The molecule has 0 aromatic rings. The Kier molecular flexibility index (Phi) is 3.76. The van der Waals surface area contributed by atoms with E-state index in [4.69, 9.17) is 0 Å². The van der Waals surface area contributed by atoms with E-state index in [2.05, 4.69) is 0 Å². The van der Waals surface area contributed by atoms with E-state index in [0.717, 1.165) is 0 Å². The van der Waals surface area contributed by atoms with Crippen LogP contribution in [0.4, 0.5) is 0 Å². The van der Waals surface area contributed by atoms with Crippen LogP contribution < -0.4 is 0 Å². The Bertz CT molecular complexity index is 429. The zero-order chi connectivity index (χ0) is 13.3. The van der Waals surface area contributed by atoms with Gasteiger partial charge in [0.2, 0.25) is 0 Å². The fraction of sp³-hybridized carbons (Fsp3) is 0.538. The van der Waals surface area contributed by atoms with Crippen molar-refractivity contribution >= 4 is 11.6 Å². The molecule has 94 valence electrons. The molecule has 1 rings (SSSR count). The number of carbonyl (C=O) groups is 2. The molecular formula is C13H18O4. The van der Waals surface area contributed by atoms with Crippen LogP contribution in [0.1, 0.15) is 34.1 Å². The number of aliphatic hydroxyl groups excluding tert-OH is 2. The summed E-state index contributed by atoms with van der Waals surface area (Å²) in [6.45, 7) is 6.59. The van der Waals surface area contributed by atoms with Crippen molar-refractivity contribution in [2.75, 3.05) is 0 Å². The second-order valence-corrected chi connectivity index (χ2v) is 4.49. The van der Waals surface area contributed by atoms with Crippen LogP contribution in [-0.2, 0) is 9.59 Å². The summed E-state index contributed by atoms with van der Waals surface area (Å²) in [6.07, 6.45) is 0.650. The summed E-state index contributed by atoms with van der Waals surface area (Å²) in [4.78, 5) is 23.5. The molecule has 0 aromatic carbocycles. The van der Waals surface area contributed by atoms with E-state index in [1.54, 1.807) is 6.92 Å². The summed E-state index contributed by atoms with van der Waals surface area (Å²) in [7, 11) is 0. The number of allylic oxidation sites excluding steroid dienone is 3. The highest BCUT2D eigenvalue weighted by Gasteiger charge is 2.37. The minimum atomic E-state index is -0.827. The van der Waals surface area contributed by atoms with Gasteiger partial charge in [0.25, 0.3) is 0 Å². The van der Waals surface area contributed by atoms with Gasteiger partial charge in [-0.1, -0.05) is 13.8 Å². The number of aliphatic hydroxyl groups is 2. The lowest BCUT2D eigenvalue weighted by molar-refractivity contribution is -0.129. The number of Topliss-reactive ketones (excluding diaryl/α,β-unsaturated/α-hetero) is 2. The van der Waals surface area contributed by atoms with Crippen LogP contribution in [0, 0.1) is 11.8 Å². The predicted molar refractivity (Wildman–Crippen MR) is 63.6 cm³/mol. The summed E-state index contributed by atoms with van der Waals surface area (Å²) in [5.74, 6) is -2.44. The van der Waals surface area contributed by atoms with Crippen molar-refractivity contribution in [3.05, 3.63) is 22.7 Å². The Morgan fingerprint density at radius 3 is 2.35 bits per heavy atom. The van der Waals surface area contributed by atoms with Gasteiger partial charge in [-0.05, 0) is 20.3 Å². The monoisotopic (exact) mass is 238 g/mol. The van der Waals surface area contributed by atoms with Crippen molar-refractivity contribution in [3.63, 3.8) is 0 Å². The van der Waals surface area contributed by atoms with Gasteiger partial charge < -0.3 is 10.2 Å². The molecule has 0 radical (unpaired) electrons. The Hall–Kier alpha value is -1.58. The lowest BCUT2D eigenvalue weighted by Crippen LogP contribution is -2.31. The van der Waals surface area contributed by atoms with Gasteiger partial charge in [0.1, 0.15) is 11.5 Å². The van der Waals surface area contributed by atoms with Crippen molar-refractivity contribution < 1.29 is 19.8 Å². The summed E-state index contributed by atoms with van der Waals surface area (Å²) < 4.78 is 0. The van der Waals surface area contributed by atoms with Gasteiger partial charge in [-0.25, -0.2) is 0 Å². The highest BCUT2D eigenvalue weighted by atomic mass is 16.3. The first kappa shape index (κ1) is 13.5. The average Bonchev–Trinajstić information content (AvgIpc) is 2.32. The SMILES string of the molecule is CCC(C)C(O)=C1C(=O)C(C)C(=O)C(C)=C1O. The van der Waals surface area contributed by atoms with Crippen LogP contribution in [0.2, 0.25) is 0 Å². The second-order valence-electron chi connectivity index (χ2n) is 4.49. The fourth-order valence-corrected chi connectivity index (χ4v) is 1.77. The highest BCUT2D eigenvalue weighted by Crippen LogP contribution is 2.30. The van der Waals surface area contributed by atoms with Crippen molar-refractivity contribution in [2.45, 2.75) is 34.1 Å². The van der Waals surface area contributed by atoms with E-state index in [9.17, 15) is 19.8 Å². The van der Waals surface area contributed by atoms with Crippen LogP contribution in [0.3, 0.4) is 0 Å². The molecule has 2 atom stereocenters. The van der Waals surface area contributed by atoms with Crippen molar-refractivity contribution in [1.29, 1.82) is 0 Å². The van der Waals surface area contributed by atoms with Gasteiger partial charge in [0, 0.05) is 11.5 Å². The molecular weight excluding hydrogens is 220 g/mol. The Morgan fingerprint density at radius 1 is 1.35 bits per heavy atom. The first-order chi connectivity index (χ1) is 7.82. The molecule has 0 spiro atoms. The lowest BCUT2D eigenvalue weighted by atomic mass is 9.82. The molecule has 1 aliphatic rings. The van der Waals surface area contributed by atoms with E-state index in [-0.39, 0.29) is 34.4 Å². The molecule has 2 unspecified atom stereocenters. The van der Waals surface area contributed by atoms with Gasteiger partial charge in [-0.3, -0.25) is 9.59 Å². The number of ketones is 2. The molecule has 0 saturated heterocycles. The number of carbonyl (C=O) groups excluding carboxylic acids is 2. The largest absolute Gasteiger partial charge is 0.511 e. The predicted octanol–water partition coefficient (Wildman–Crippen LogP) is 2.46. The van der Waals surface area contributed by atoms with Gasteiger partial charge >= 0.3 is 0 Å². The van der Waals surface area contributed by atoms with Crippen LogP contribution in [0.15, 0.2) is 22.7 Å². The fourth-order valence-electron chi connectivity index (χ4n) is 1.77. The number of hydrogen-bond acceptors (Lipinski definition) is 4. The molecule has 4 heteroatoms. The van der Waals surface area contributed by atoms with Crippen LogP contribution in [0.25, 0.3) is 0 Å². The first-order valence-electron chi connectivity index (χ1n) is 5.74. The first-order valence-corrected chi connectivity index (χ1v) is 5.74.